The maximum absolute atomic E-state index is 12.6. The monoisotopic (exact) mass is 657 g/mol. The summed E-state index contributed by atoms with van der Waals surface area (Å²) in [5.74, 6) is 4.58. The summed E-state index contributed by atoms with van der Waals surface area (Å²) in [7, 11) is 1.72. The van der Waals surface area contributed by atoms with Crippen LogP contribution in [0, 0.1) is 46.3 Å². The summed E-state index contributed by atoms with van der Waals surface area (Å²) >= 11 is 0. The molecule has 0 spiro atoms. The highest BCUT2D eigenvalue weighted by molar-refractivity contribution is 5.79. The predicted molar refractivity (Wildman–Crippen MR) is 189 cm³/mol. The Balaban J connectivity index is 1.17. The quantitative estimate of drug-likeness (QED) is 0.0970. The third-order valence-electron chi connectivity index (χ3n) is 13.3. The standard InChI is InChI=1S/C39H68N4O4/c1-26(2)11-9-12-27(3)31-17-18-32-30-16-15-28-25-29(19-21-38(28,4)33(30)20-22-39(31,32)5)47-37(46)43-24-10-14-35(44)42-23-8-7-13-34(41-6)36(40)45/h15,26-27,29-34,41H,7-14,16-25H2,1-6H3,(H2,40,45)(H,42,44)(H,43,46)/t27-,29+,30+,31?,32?,33?,34-,38+,39-/m1/s1. The van der Waals surface area contributed by atoms with E-state index in [0.717, 1.165) is 67.6 Å². The number of rotatable bonds is 17. The van der Waals surface area contributed by atoms with Crippen LogP contribution in [0.1, 0.15) is 137 Å². The summed E-state index contributed by atoms with van der Waals surface area (Å²) in [4.78, 5) is 36.1. The average Bonchev–Trinajstić information content (AvgIpc) is 3.38. The maximum Gasteiger partial charge on any atom is 0.407 e. The summed E-state index contributed by atoms with van der Waals surface area (Å²) < 4.78 is 5.91. The second-order valence-corrected chi connectivity index (χ2v) is 16.7. The van der Waals surface area contributed by atoms with E-state index in [4.69, 9.17) is 10.5 Å². The highest BCUT2D eigenvalue weighted by Crippen LogP contribution is 2.67. The number of alkyl carbamates (subject to hydrolysis) is 1. The fraction of sp³-hybridized carbons (Fsp3) is 0.872. The first-order chi connectivity index (χ1) is 22.4. The van der Waals surface area contributed by atoms with Gasteiger partial charge in [-0.05, 0) is 124 Å². The highest BCUT2D eigenvalue weighted by atomic mass is 16.6. The molecule has 9 atom stereocenters. The van der Waals surface area contributed by atoms with Crippen LogP contribution in [0.5, 0.6) is 0 Å². The van der Waals surface area contributed by atoms with Gasteiger partial charge < -0.3 is 26.4 Å². The predicted octanol–water partition coefficient (Wildman–Crippen LogP) is 7.26. The van der Waals surface area contributed by atoms with E-state index in [1.54, 1.807) is 7.05 Å². The number of fused-ring (bicyclic) bond motifs is 5. The second-order valence-electron chi connectivity index (χ2n) is 16.7. The molecule has 4 aliphatic carbocycles. The minimum atomic E-state index is -0.366. The molecule has 3 unspecified atom stereocenters. The highest BCUT2D eigenvalue weighted by Gasteiger charge is 2.59. The molecule has 0 saturated heterocycles. The zero-order chi connectivity index (χ0) is 34.2. The fourth-order valence-electron chi connectivity index (χ4n) is 10.6. The normalized spacial score (nSPS) is 32.7. The van der Waals surface area contributed by atoms with Crippen molar-refractivity contribution in [3.8, 4) is 0 Å². The Labute approximate surface area is 285 Å². The van der Waals surface area contributed by atoms with Crippen LogP contribution in [0.3, 0.4) is 0 Å². The minimum Gasteiger partial charge on any atom is -0.446 e. The van der Waals surface area contributed by atoms with Crippen molar-refractivity contribution in [3.05, 3.63) is 11.6 Å². The van der Waals surface area contributed by atoms with Crippen LogP contribution in [-0.4, -0.2) is 50.2 Å². The van der Waals surface area contributed by atoms with Gasteiger partial charge in [0.2, 0.25) is 11.8 Å². The minimum absolute atomic E-state index is 0.0263. The molecule has 0 heterocycles. The SMILES string of the molecule is CN[C@H](CCCCNC(=O)CCCNC(=O)O[C@H]1CC[C@@]2(C)C(=CC[C@H]3C4CCC([C@H](C)CCCC(C)C)[C@@]4(C)CCC32)C1)C(N)=O. The van der Waals surface area contributed by atoms with Crippen LogP contribution >= 0.6 is 0 Å². The molecule has 0 radical (unpaired) electrons. The molecule has 268 valence electrons. The Morgan fingerprint density at radius 3 is 2.40 bits per heavy atom. The molecule has 0 bridgehead atoms. The number of carbonyl (C=O) groups is 3. The summed E-state index contributed by atoms with van der Waals surface area (Å²) in [6, 6.07) is -0.326. The molecule has 5 N–H and O–H groups in total. The fourth-order valence-corrected chi connectivity index (χ4v) is 10.6. The summed E-state index contributed by atoms with van der Waals surface area (Å²) in [5.41, 5.74) is 7.62. The zero-order valence-corrected chi connectivity index (χ0v) is 30.6. The van der Waals surface area contributed by atoms with Gasteiger partial charge in [-0.1, -0.05) is 65.5 Å². The van der Waals surface area contributed by atoms with Gasteiger partial charge in [-0.2, -0.15) is 0 Å². The number of nitrogens with one attached hydrogen (secondary N) is 3. The lowest BCUT2D eigenvalue weighted by atomic mass is 9.47. The Kier molecular flexibility index (Phi) is 13.7. The van der Waals surface area contributed by atoms with Crippen LogP contribution in [0.15, 0.2) is 11.6 Å². The first kappa shape index (κ1) is 37.7. The van der Waals surface area contributed by atoms with Gasteiger partial charge >= 0.3 is 6.09 Å². The molecule has 8 heteroatoms. The number of hydrogen-bond donors (Lipinski definition) is 4. The van der Waals surface area contributed by atoms with Crippen molar-refractivity contribution in [3.63, 3.8) is 0 Å². The van der Waals surface area contributed by atoms with Gasteiger partial charge in [-0.15, -0.1) is 0 Å². The molecule has 0 aliphatic heterocycles. The smallest absolute Gasteiger partial charge is 0.407 e. The van der Waals surface area contributed by atoms with Crippen LogP contribution < -0.4 is 21.7 Å². The molecular formula is C39H68N4O4. The summed E-state index contributed by atoms with van der Waals surface area (Å²) in [6.07, 6.45) is 19.1. The number of allylic oxidation sites excluding steroid dienone is 1. The van der Waals surface area contributed by atoms with Gasteiger partial charge in [-0.25, -0.2) is 4.79 Å². The molecule has 8 nitrogen and oxygen atoms in total. The number of ether oxygens (including phenoxy) is 1. The van der Waals surface area contributed by atoms with Gasteiger partial charge in [0.05, 0.1) is 6.04 Å². The van der Waals surface area contributed by atoms with E-state index in [1.807, 2.05) is 0 Å². The Bertz CT molecular complexity index is 1090. The first-order valence-electron chi connectivity index (χ1n) is 19.3. The topological polar surface area (TPSA) is 123 Å². The largest absolute Gasteiger partial charge is 0.446 e. The van der Waals surface area contributed by atoms with Gasteiger partial charge in [0.1, 0.15) is 6.10 Å². The van der Waals surface area contributed by atoms with Crippen LogP contribution in [0.4, 0.5) is 4.79 Å². The average molecular weight is 657 g/mol. The van der Waals surface area contributed by atoms with E-state index in [2.05, 4.69) is 56.6 Å². The summed E-state index contributed by atoms with van der Waals surface area (Å²) in [6.45, 7) is 13.4. The van der Waals surface area contributed by atoms with E-state index in [0.29, 0.717) is 37.8 Å². The van der Waals surface area contributed by atoms with Gasteiger partial charge in [0.25, 0.3) is 0 Å². The lowest BCUT2D eigenvalue weighted by molar-refractivity contribution is -0.121. The molecule has 4 aliphatic rings. The molecule has 3 saturated carbocycles. The van der Waals surface area contributed by atoms with Gasteiger partial charge in [-0.3, -0.25) is 9.59 Å². The molecule has 47 heavy (non-hydrogen) atoms. The first-order valence-corrected chi connectivity index (χ1v) is 19.3. The van der Waals surface area contributed by atoms with Crippen LogP contribution in [0.2, 0.25) is 0 Å². The Morgan fingerprint density at radius 2 is 1.68 bits per heavy atom. The van der Waals surface area contributed by atoms with Crippen molar-refractivity contribution in [2.75, 3.05) is 20.1 Å². The van der Waals surface area contributed by atoms with Gasteiger partial charge in [0.15, 0.2) is 0 Å². The number of hydrogen-bond acceptors (Lipinski definition) is 5. The molecule has 0 aromatic carbocycles. The molecular weight excluding hydrogens is 588 g/mol. The second kappa shape index (κ2) is 17.0. The number of carbonyl (C=O) groups excluding carboxylic acids is 3. The third kappa shape index (κ3) is 9.33. The number of primary amides is 1. The molecule has 4 rings (SSSR count). The number of amides is 3. The lowest BCUT2D eigenvalue weighted by Gasteiger charge is -2.58. The maximum atomic E-state index is 12.6. The molecule has 0 aromatic rings. The van der Waals surface area contributed by atoms with E-state index in [9.17, 15) is 14.4 Å². The molecule has 0 aromatic heterocycles. The van der Waals surface area contributed by atoms with E-state index < -0.39 is 0 Å². The van der Waals surface area contributed by atoms with Crippen molar-refractivity contribution < 1.29 is 19.1 Å². The van der Waals surface area contributed by atoms with Crippen molar-refractivity contribution in [2.45, 2.75) is 149 Å². The molecule has 3 amide bonds. The zero-order valence-electron chi connectivity index (χ0n) is 30.6. The molecule has 3 fully saturated rings. The van der Waals surface area contributed by atoms with Gasteiger partial charge in [0, 0.05) is 25.9 Å². The lowest BCUT2D eigenvalue weighted by Crippen LogP contribution is -2.51. The number of nitrogens with two attached hydrogens (primary N) is 1. The van der Waals surface area contributed by atoms with Crippen LogP contribution in [0.25, 0.3) is 0 Å². The van der Waals surface area contributed by atoms with Crippen molar-refractivity contribution >= 4 is 17.9 Å². The third-order valence-corrected chi connectivity index (χ3v) is 13.3. The van der Waals surface area contributed by atoms with E-state index in [1.165, 1.54) is 56.9 Å². The Hall–Kier alpha value is -2.09. The summed E-state index contributed by atoms with van der Waals surface area (Å²) in [5, 5.41) is 8.68. The van der Waals surface area contributed by atoms with Crippen molar-refractivity contribution in [2.24, 2.45) is 52.1 Å². The number of unbranched alkanes of at least 4 members (excludes halogenated alkanes) is 1. The Morgan fingerprint density at radius 1 is 0.915 bits per heavy atom. The number of likely N-dealkylation sites (N-methyl/N-ethyl adjacent to an activating group) is 1. The van der Waals surface area contributed by atoms with Crippen LogP contribution in [-0.2, 0) is 14.3 Å². The van der Waals surface area contributed by atoms with Crippen molar-refractivity contribution in [1.82, 2.24) is 16.0 Å². The van der Waals surface area contributed by atoms with Crippen molar-refractivity contribution in [1.29, 1.82) is 0 Å². The van der Waals surface area contributed by atoms with E-state index in [-0.39, 0.29) is 35.5 Å². The van der Waals surface area contributed by atoms with E-state index >= 15 is 0 Å².